The number of quaternary nitrogens is 1. The van der Waals surface area contributed by atoms with Crippen molar-refractivity contribution in [3.63, 3.8) is 0 Å². The molecule has 1 atom stereocenters. The van der Waals surface area contributed by atoms with Crippen LogP contribution in [0, 0.1) is 0 Å². The van der Waals surface area contributed by atoms with Crippen LogP contribution < -0.4 is 18.1 Å². The van der Waals surface area contributed by atoms with Gasteiger partial charge in [-0.05, 0) is 13.0 Å². The molecule has 0 heterocycles. The van der Waals surface area contributed by atoms with Gasteiger partial charge < -0.3 is 22.6 Å². The number of benzene rings is 1. The first kappa shape index (κ1) is 19.4. The zero-order valence-electron chi connectivity index (χ0n) is 13.3. The summed E-state index contributed by atoms with van der Waals surface area (Å²) in [5, 5.41) is 0. The highest BCUT2D eigenvalue weighted by atomic mass is 35.5. The van der Waals surface area contributed by atoms with Crippen LogP contribution in [0.4, 0.5) is 0 Å². The van der Waals surface area contributed by atoms with Crippen LogP contribution in [-0.4, -0.2) is 31.7 Å². The normalized spacial score (nSPS) is 12.8. The molecule has 0 aliphatic rings. The molecule has 0 fully saturated rings. The maximum Gasteiger partial charge on any atom is 0.114 e. The van der Waals surface area contributed by atoms with E-state index < -0.39 is 0 Å². The molecule has 2 nitrogen and oxygen atoms in total. The Morgan fingerprint density at radius 1 is 1.05 bits per heavy atom. The third kappa shape index (κ3) is 6.25. The second-order valence-electron chi connectivity index (χ2n) is 6.07. The van der Waals surface area contributed by atoms with Gasteiger partial charge in [0, 0.05) is 18.4 Å². The molecular formula is C17H31ClN2. The lowest BCUT2D eigenvalue weighted by Gasteiger charge is -2.38. The number of rotatable bonds is 9. The Morgan fingerprint density at radius 3 is 2.25 bits per heavy atom. The van der Waals surface area contributed by atoms with Crippen molar-refractivity contribution in [3.05, 3.63) is 35.9 Å². The van der Waals surface area contributed by atoms with Gasteiger partial charge in [0.1, 0.15) is 6.04 Å². The molecule has 1 aromatic carbocycles. The van der Waals surface area contributed by atoms with E-state index in [0.717, 1.165) is 24.0 Å². The molecule has 0 saturated carbocycles. The van der Waals surface area contributed by atoms with Gasteiger partial charge in [0.15, 0.2) is 0 Å². The van der Waals surface area contributed by atoms with Crippen molar-refractivity contribution >= 4 is 0 Å². The molecule has 0 spiro atoms. The Bertz CT molecular complexity index is 338. The fraction of sp³-hybridized carbons (Fsp3) is 0.647. The van der Waals surface area contributed by atoms with Gasteiger partial charge in [-0.25, -0.2) is 0 Å². The lowest BCUT2D eigenvalue weighted by molar-refractivity contribution is -0.921. The second kappa shape index (κ2) is 10.2. The largest absolute Gasteiger partial charge is 1.00 e. The minimum atomic E-state index is 0. The Labute approximate surface area is 131 Å². The second-order valence-corrected chi connectivity index (χ2v) is 6.07. The summed E-state index contributed by atoms with van der Waals surface area (Å²) in [4.78, 5) is 0. The van der Waals surface area contributed by atoms with Gasteiger partial charge >= 0.3 is 0 Å². The zero-order chi connectivity index (χ0) is 14.1. The molecule has 0 aliphatic heterocycles. The Morgan fingerprint density at radius 2 is 1.70 bits per heavy atom. The average molecular weight is 299 g/mol. The van der Waals surface area contributed by atoms with E-state index in [1.165, 1.54) is 31.2 Å². The van der Waals surface area contributed by atoms with Crippen LogP contribution in [0.5, 0.6) is 0 Å². The molecular weight excluding hydrogens is 268 g/mol. The van der Waals surface area contributed by atoms with E-state index in [4.69, 9.17) is 5.73 Å². The van der Waals surface area contributed by atoms with Gasteiger partial charge in [0.25, 0.3) is 0 Å². The van der Waals surface area contributed by atoms with Crippen LogP contribution in [0.1, 0.15) is 50.6 Å². The average Bonchev–Trinajstić information content (AvgIpc) is 2.42. The van der Waals surface area contributed by atoms with Gasteiger partial charge in [-0.1, -0.05) is 50.1 Å². The van der Waals surface area contributed by atoms with Crippen LogP contribution >= 0.6 is 0 Å². The first-order chi connectivity index (χ1) is 9.11. The smallest absolute Gasteiger partial charge is 0.114 e. The van der Waals surface area contributed by atoms with E-state index >= 15 is 0 Å². The number of hydrogen-bond donors (Lipinski definition) is 1. The number of halogens is 1. The van der Waals surface area contributed by atoms with Crippen LogP contribution in [-0.2, 0) is 0 Å². The number of unbranched alkanes of at least 4 members (excludes halogenated alkanes) is 2. The summed E-state index contributed by atoms with van der Waals surface area (Å²) in [5.41, 5.74) is 7.16. The molecule has 0 aliphatic carbocycles. The molecule has 116 valence electrons. The Hall–Kier alpha value is -0.570. The first-order valence-corrected chi connectivity index (χ1v) is 7.69. The van der Waals surface area contributed by atoms with Gasteiger partial charge in [-0.15, -0.1) is 0 Å². The van der Waals surface area contributed by atoms with Crippen molar-refractivity contribution in [1.82, 2.24) is 0 Å². The molecule has 1 unspecified atom stereocenters. The fourth-order valence-corrected chi connectivity index (χ4v) is 2.84. The van der Waals surface area contributed by atoms with E-state index in [9.17, 15) is 0 Å². The lowest BCUT2D eigenvalue weighted by atomic mass is 9.97. The summed E-state index contributed by atoms with van der Waals surface area (Å²) in [5.74, 6) is 0. The van der Waals surface area contributed by atoms with Crippen LogP contribution in [0.25, 0.3) is 0 Å². The van der Waals surface area contributed by atoms with Crippen molar-refractivity contribution < 1.29 is 16.9 Å². The number of hydrogen-bond acceptors (Lipinski definition) is 1. The lowest BCUT2D eigenvalue weighted by Crippen LogP contribution is -3.00. The maximum atomic E-state index is 5.69. The zero-order valence-corrected chi connectivity index (χ0v) is 14.1. The summed E-state index contributed by atoms with van der Waals surface area (Å²) in [6.07, 6.45) is 6.32. The van der Waals surface area contributed by atoms with E-state index in [2.05, 4.69) is 51.4 Å². The summed E-state index contributed by atoms with van der Waals surface area (Å²) >= 11 is 0. The van der Waals surface area contributed by atoms with Crippen molar-refractivity contribution in [2.24, 2.45) is 5.73 Å². The van der Waals surface area contributed by atoms with E-state index in [1.807, 2.05) is 0 Å². The molecule has 0 amide bonds. The molecule has 2 N–H and O–H groups in total. The van der Waals surface area contributed by atoms with E-state index in [1.54, 1.807) is 0 Å². The first-order valence-electron chi connectivity index (χ1n) is 7.69. The summed E-state index contributed by atoms with van der Waals surface area (Å²) in [6, 6.07) is 11.6. The third-order valence-electron chi connectivity index (χ3n) is 4.05. The van der Waals surface area contributed by atoms with Crippen molar-refractivity contribution in [2.75, 3.05) is 27.2 Å². The maximum absolute atomic E-state index is 5.69. The van der Waals surface area contributed by atoms with Crippen molar-refractivity contribution in [3.8, 4) is 0 Å². The Kier molecular flexibility index (Phi) is 9.91. The van der Waals surface area contributed by atoms with Gasteiger partial charge in [0.05, 0.1) is 20.6 Å². The number of nitrogens with zero attached hydrogens (tertiary/aromatic N) is 1. The molecule has 3 heteroatoms. The molecule has 1 rings (SSSR count). The van der Waals surface area contributed by atoms with Crippen molar-refractivity contribution in [2.45, 2.75) is 45.1 Å². The highest BCUT2D eigenvalue weighted by Crippen LogP contribution is 2.30. The molecule has 1 aromatic rings. The standard InChI is InChI=1S/C17H31N2.ClH/c1-4-5-7-13-17(16-11-8-6-9-12-16)19(2,3)15-10-14-18;/h6,8-9,11-12,17H,4-5,7,10,13-15,18H2,1-3H3;1H/q+1;/p-1. The molecule has 0 saturated heterocycles. The van der Waals surface area contributed by atoms with Crippen molar-refractivity contribution in [1.29, 1.82) is 0 Å². The highest BCUT2D eigenvalue weighted by molar-refractivity contribution is 5.17. The molecule has 0 radical (unpaired) electrons. The van der Waals surface area contributed by atoms with Crippen LogP contribution in [0.15, 0.2) is 30.3 Å². The quantitative estimate of drug-likeness (QED) is 0.528. The van der Waals surface area contributed by atoms with Gasteiger partial charge in [-0.3, -0.25) is 0 Å². The SMILES string of the molecule is CCCCCC(c1ccccc1)[N+](C)(C)CCCN.[Cl-]. The topological polar surface area (TPSA) is 26.0 Å². The summed E-state index contributed by atoms with van der Waals surface area (Å²) in [6.45, 7) is 4.21. The van der Waals surface area contributed by atoms with Crippen LogP contribution in [0.3, 0.4) is 0 Å². The summed E-state index contributed by atoms with van der Waals surface area (Å²) in [7, 11) is 4.69. The van der Waals surface area contributed by atoms with Gasteiger partial charge in [-0.2, -0.15) is 0 Å². The Balaban J connectivity index is 0.00000361. The molecule has 0 bridgehead atoms. The highest BCUT2D eigenvalue weighted by Gasteiger charge is 2.28. The van der Waals surface area contributed by atoms with Crippen LogP contribution in [0.2, 0.25) is 0 Å². The van der Waals surface area contributed by atoms with E-state index in [0.29, 0.717) is 6.04 Å². The molecule has 20 heavy (non-hydrogen) atoms. The minimum Gasteiger partial charge on any atom is -1.00 e. The van der Waals surface area contributed by atoms with Gasteiger partial charge in [0.2, 0.25) is 0 Å². The van der Waals surface area contributed by atoms with E-state index in [-0.39, 0.29) is 12.4 Å². The minimum absolute atomic E-state index is 0. The summed E-state index contributed by atoms with van der Waals surface area (Å²) < 4.78 is 1.05. The monoisotopic (exact) mass is 298 g/mol. The number of nitrogens with two attached hydrogens (primary N) is 1. The predicted octanol–water partition coefficient (Wildman–Crippen LogP) is 0.737. The third-order valence-corrected chi connectivity index (χ3v) is 4.05. The fourth-order valence-electron chi connectivity index (χ4n) is 2.84. The molecule has 0 aromatic heterocycles. The predicted molar refractivity (Wildman–Crippen MR) is 84.0 cm³/mol.